The predicted molar refractivity (Wildman–Crippen MR) is 118 cm³/mol. The molecule has 0 nitrogen and oxygen atoms in total. The van der Waals surface area contributed by atoms with Crippen LogP contribution in [-0.4, -0.2) is 0 Å². The van der Waals surface area contributed by atoms with Gasteiger partial charge in [-0.1, -0.05) is 78.8 Å². The molecular formula is C27H28. The first-order valence-electron chi connectivity index (χ1n) is 10.0. The van der Waals surface area contributed by atoms with Crippen molar-refractivity contribution in [2.24, 2.45) is 0 Å². The lowest BCUT2D eigenvalue weighted by molar-refractivity contribution is 0.983. The van der Waals surface area contributed by atoms with Gasteiger partial charge in [0.15, 0.2) is 0 Å². The summed E-state index contributed by atoms with van der Waals surface area (Å²) in [6.07, 6.45) is 15.8. The molecule has 2 aromatic rings. The number of benzene rings is 2. The highest BCUT2D eigenvalue weighted by atomic mass is 14.3. The molecule has 27 heavy (non-hydrogen) atoms. The van der Waals surface area contributed by atoms with E-state index in [0.717, 1.165) is 12.8 Å². The summed E-state index contributed by atoms with van der Waals surface area (Å²) >= 11 is 0. The molecule has 0 heterocycles. The minimum Gasteiger partial charge on any atom is -0.0762 e. The van der Waals surface area contributed by atoms with Gasteiger partial charge in [0.2, 0.25) is 0 Å². The van der Waals surface area contributed by atoms with Gasteiger partial charge in [0.05, 0.1) is 0 Å². The van der Waals surface area contributed by atoms with Crippen molar-refractivity contribution >= 4 is 6.08 Å². The first-order chi connectivity index (χ1) is 13.1. The fraction of sp³-hybridized carbons (Fsp3) is 0.259. The average molecular weight is 353 g/mol. The molecule has 0 fully saturated rings. The van der Waals surface area contributed by atoms with E-state index in [1.54, 1.807) is 0 Å². The first kappa shape index (κ1) is 17.8. The summed E-state index contributed by atoms with van der Waals surface area (Å²) in [5.41, 5.74) is 12.9. The van der Waals surface area contributed by atoms with Gasteiger partial charge in [0.25, 0.3) is 0 Å². The van der Waals surface area contributed by atoms with Crippen LogP contribution in [0.25, 0.3) is 17.2 Å². The van der Waals surface area contributed by atoms with E-state index in [4.69, 9.17) is 0 Å². The largest absolute Gasteiger partial charge is 0.0762 e. The summed E-state index contributed by atoms with van der Waals surface area (Å²) < 4.78 is 0. The normalized spacial score (nSPS) is 15.2. The third-order valence-electron chi connectivity index (χ3n) is 5.63. The lowest BCUT2D eigenvalue weighted by Crippen LogP contribution is -2.05. The highest BCUT2D eigenvalue weighted by Crippen LogP contribution is 2.44. The van der Waals surface area contributed by atoms with E-state index in [1.165, 1.54) is 50.1 Å². The van der Waals surface area contributed by atoms with E-state index in [9.17, 15) is 0 Å². The van der Waals surface area contributed by atoms with E-state index in [1.807, 2.05) is 0 Å². The monoisotopic (exact) mass is 352 g/mol. The number of fused-ring (bicyclic) bond motifs is 3. The van der Waals surface area contributed by atoms with Crippen molar-refractivity contribution in [1.29, 1.82) is 0 Å². The second kappa shape index (κ2) is 7.19. The maximum absolute atomic E-state index is 2.44. The molecule has 2 aromatic carbocycles. The fourth-order valence-corrected chi connectivity index (χ4v) is 4.66. The molecule has 0 heteroatoms. The molecule has 0 bridgehead atoms. The molecule has 4 rings (SSSR count). The number of rotatable bonds is 4. The average Bonchev–Trinajstić information content (AvgIpc) is 3.27. The zero-order chi connectivity index (χ0) is 19.0. The van der Waals surface area contributed by atoms with E-state index in [2.05, 4.69) is 94.5 Å². The van der Waals surface area contributed by atoms with Gasteiger partial charge < -0.3 is 0 Å². The van der Waals surface area contributed by atoms with E-state index < -0.39 is 0 Å². The Kier molecular flexibility index (Phi) is 4.74. The van der Waals surface area contributed by atoms with Crippen LogP contribution in [0.4, 0.5) is 0 Å². The van der Waals surface area contributed by atoms with Crippen LogP contribution in [0.5, 0.6) is 0 Å². The minimum atomic E-state index is 0.403. The summed E-state index contributed by atoms with van der Waals surface area (Å²) in [6, 6.07) is 11.3. The van der Waals surface area contributed by atoms with Gasteiger partial charge in [0.1, 0.15) is 0 Å². The second-order valence-corrected chi connectivity index (χ2v) is 7.98. The van der Waals surface area contributed by atoms with Crippen LogP contribution in [0.15, 0.2) is 71.9 Å². The molecule has 0 spiro atoms. The molecule has 2 aliphatic rings. The van der Waals surface area contributed by atoms with E-state index in [-0.39, 0.29) is 0 Å². The number of hydrogen-bond donors (Lipinski definition) is 0. The summed E-state index contributed by atoms with van der Waals surface area (Å²) in [7, 11) is 0. The van der Waals surface area contributed by atoms with Gasteiger partial charge in [-0.15, -0.1) is 0 Å². The Balaban J connectivity index is 1.98. The summed E-state index contributed by atoms with van der Waals surface area (Å²) in [6.45, 7) is 8.83. The van der Waals surface area contributed by atoms with Crippen molar-refractivity contribution in [2.45, 2.75) is 46.5 Å². The third kappa shape index (κ3) is 3.25. The Labute approximate surface area is 163 Å². The van der Waals surface area contributed by atoms with Crippen LogP contribution in [0.2, 0.25) is 0 Å². The predicted octanol–water partition coefficient (Wildman–Crippen LogP) is 7.40. The van der Waals surface area contributed by atoms with Crippen molar-refractivity contribution in [2.75, 3.05) is 0 Å². The summed E-state index contributed by atoms with van der Waals surface area (Å²) in [5, 5.41) is 0. The first-order valence-corrected chi connectivity index (χ1v) is 10.0. The smallest absolute Gasteiger partial charge is 0.0210 e. The van der Waals surface area contributed by atoms with Crippen molar-refractivity contribution in [3.05, 3.63) is 99.7 Å². The van der Waals surface area contributed by atoms with Gasteiger partial charge in [-0.3, -0.25) is 0 Å². The van der Waals surface area contributed by atoms with E-state index in [0.29, 0.717) is 5.92 Å². The van der Waals surface area contributed by atoms with E-state index >= 15 is 0 Å². The number of allylic oxidation sites excluding steroid dienone is 7. The van der Waals surface area contributed by atoms with Gasteiger partial charge in [-0.2, -0.15) is 0 Å². The molecular weight excluding hydrogens is 324 g/mol. The molecule has 0 saturated carbocycles. The quantitative estimate of drug-likeness (QED) is 0.429. The van der Waals surface area contributed by atoms with Crippen LogP contribution in [-0.2, 0) is 12.8 Å². The molecule has 0 saturated heterocycles. The summed E-state index contributed by atoms with van der Waals surface area (Å²) in [5.74, 6) is 0.403. The lowest BCUT2D eigenvalue weighted by atomic mass is 9.83. The van der Waals surface area contributed by atoms with Crippen LogP contribution in [0.3, 0.4) is 0 Å². The molecule has 0 atom stereocenters. The van der Waals surface area contributed by atoms with Gasteiger partial charge in [0, 0.05) is 5.92 Å². The molecule has 2 aliphatic carbocycles. The Morgan fingerprint density at radius 2 is 1.78 bits per heavy atom. The molecule has 0 unspecified atom stereocenters. The lowest BCUT2D eigenvalue weighted by Gasteiger charge is -2.21. The molecule has 0 aliphatic heterocycles. The third-order valence-corrected chi connectivity index (χ3v) is 5.63. The standard InChI is InChI=1S/C27H28/c1-5-23-22(15-19(4)14-18(2)3)17-25-24-13-9-8-12-21(24)16-26(25)27(23)20-10-6-7-11-20/h6-15,17,20H,5,16H2,1-4H3. The molecule has 0 amide bonds. The molecule has 136 valence electrons. The highest BCUT2D eigenvalue weighted by Gasteiger charge is 2.27. The van der Waals surface area contributed by atoms with Crippen LogP contribution in [0, 0.1) is 0 Å². The van der Waals surface area contributed by atoms with Crippen LogP contribution < -0.4 is 0 Å². The minimum absolute atomic E-state index is 0.403. The summed E-state index contributed by atoms with van der Waals surface area (Å²) in [4.78, 5) is 0. The number of hydrogen-bond acceptors (Lipinski definition) is 0. The van der Waals surface area contributed by atoms with Gasteiger partial charge in [-0.05, 0) is 78.6 Å². The Morgan fingerprint density at radius 3 is 2.48 bits per heavy atom. The van der Waals surface area contributed by atoms with Crippen LogP contribution in [0.1, 0.15) is 61.4 Å². The molecule has 0 radical (unpaired) electrons. The van der Waals surface area contributed by atoms with Gasteiger partial charge >= 0.3 is 0 Å². The van der Waals surface area contributed by atoms with Crippen LogP contribution >= 0.6 is 0 Å². The van der Waals surface area contributed by atoms with Crippen molar-refractivity contribution in [3.63, 3.8) is 0 Å². The van der Waals surface area contributed by atoms with Crippen molar-refractivity contribution < 1.29 is 0 Å². The zero-order valence-electron chi connectivity index (χ0n) is 16.8. The zero-order valence-corrected chi connectivity index (χ0v) is 16.8. The molecule has 0 N–H and O–H groups in total. The SMILES string of the molecule is CCc1c(C=C(C)C=C(C)C)cc2c(c1C1C=CC=C1)Cc1ccccc1-2. The van der Waals surface area contributed by atoms with Crippen molar-refractivity contribution in [1.82, 2.24) is 0 Å². The Bertz CT molecular complexity index is 993. The van der Waals surface area contributed by atoms with Crippen molar-refractivity contribution in [3.8, 4) is 11.1 Å². The Morgan fingerprint density at radius 1 is 1.04 bits per heavy atom. The Hall–Kier alpha value is -2.60. The maximum atomic E-state index is 2.44. The second-order valence-electron chi connectivity index (χ2n) is 7.98. The topological polar surface area (TPSA) is 0 Å². The van der Waals surface area contributed by atoms with Gasteiger partial charge in [-0.25, -0.2) is 0 Å². The highest BCUT2D eigenvalue weighted by molar-refractivity contribution is 5.82. The molecule has 0 aromatic heterocycles. The maximum Gasteiger partial charge on any atom is 0.0210 e. The fourth-order valence-electron chi connectivity index (χ4n) is 4.66.